The number of esters is 1. The van der Waals surface area contributed by atoms with Crippen LogP contribution in [0.2, 0.25) is 0 Å². The van der Waals surface area contributed by atoms with Crippen molar-refractivity contribution in [2.24, 2.45) is 5.92 Å². The molecular weight excluding hydrogens is 363 g/mol. The molecule has 27 heavy (non-hydrogen) atoms. The molecule has 9 heteroatoms. The van der Waals surface area contributed by atoms with Gasteiger partial charge in [0.2, 0.25) is 5.91 Å². The SMILES string of the molecule is COC(=O)/C=C/CCNC(=O)C1CCN(c2ccc(C(F)(F)F)cn2)CC1. The van der Waals surface area contributed by atoms with E-state index in [1.165, 1.54) is 19.3 Å². The monoisotopic (exact) mass is 385 g/mol. The first kappa shape index (κ1) is 20.7. The molecule has 1 fully saturated rings. The number of halogens is 3. The highest BCUT2D eigenvalue weighted by Crippen LogP contribution is 2.30. The van der Waals surface area contributed by atoms with Gasteiger partial charge in [0.15, 0.2) is 0 Å². The Bertz CT molecular complexity index is 667. The van der Waals surface area contributed by atoms with Crippen molar-refractivity contribution in [3.8, 4) is 0 Å². The molecule has 1 amide bonds. The molecule has 0 bridgehead atoms. The van der Waals surface area contributed by atoms with Crippen molar-refractivity contribution in [1.29, 1.82) is 0 Å². The van der Waals surface area contributed by atoms with Gasteiger partial charge in [-0.15, -0.1) is 0 Å². The molecule has 0 radical (unpaired) electrons. The molecule has 148 valence electrons. The number of nitrogens with zero attached hydrogens (tertiary/aromatic N) is 2. The fourth-order valence-corrected chi connectivity index (χ4v) is 2.78. The minimum Gasteiger partial charge on any atom is -0.466 e. The standard InChI is InChI=1S/C18H22F3N3O3/c1-27-16(25)4-2-3-9-22-17(26)13-7-10-24(11-8-13)15-6-5-14(12-23-15)18(19,20)21/h2,4-6,12-13H,3,7-11H2,1H3,(H,22,26)/b4-2+. The van der Waals surface area contributed by atoms with Crippen LogP contribution in [0, 0.1) is 5.92 Å². The minimum atomic E-state index is -4.40. The van der Waals surface area contributed by atoms with Crippen LogP contribution >= 0.6 is 0 Å². The van der Waals surface area contributed by atoms with Gasteiger partial charge in [-0.25, -0.2) is 9.78 Å². The molecule has 1 aromatic heterocycles. The predicted molar refractivity (Wildman–Crippen MR) is 93.0 cm³/mol. The van der Waals surface area contributed by atoms with E-state index in [-0.39, 0.29) is 11.8 Å². The number of alkyl halides is 3. The van der Waals surface area contributed by atoms with Crippen LogP contribution in [0.3, 0.4) is 0 Å². The zero-order valence-electron chi connectivity index (χ0n) is 15.0. The van der Waals surface area contributed by atoms with Gasteiger partial charge in [-0.05, 0) is 31.4 Å². The Morgan fingerprint density at radius 2 is 2.04 bits per heavy atom. The lowest BCUT2D eigenvalue weighted by Gasteiger charge is -2.32. The number of rotatable bonds is 6. The van der Waals surface area contributed by atoms with Gasteiger partial charge in [-0.3, -0.25) is 4.79 Å². The number of hydrogen-bond donors (Lipinski definition) is 1. The summed E-state index contributed by atoms with van der Waals surface area (Å²) < 4.78 is 42.2. The summed E-state index contributed by atoms with van der Waals surface area (Å²) in [7, 11) is 1.29. The Hall–Kier alpha value is -2.58. The molecular formula is C18H22F3N3O3. The molecule has 1 N–H and O–H groups in total. The van der Waals surface area contributed by atoms with E-state index in [9.17, 15) is 22.8 Å². The van der Waals surface area contributed by atoms with E-state index < -0.39 is 17.7 Å². The van der Waals surface area contributed by atoms with Gasteiger partial charge in [0.25, 0.3) is 0 Å². The third-order valence-corrected chi connectivity index (χ3v) is 4.33. The fraction of sp³-hybridized carbons (Fsp3) is 0.500. The lowest BCUT2D eigenvalue weighted by atomic mass is 9.96. The number of pyridine rings is 1. The number of methoxy groups -OCH3 is 1. The highest BCUT2D eigenvalue weighted by molar-refractivity contribution is 5.81. The van der Waals surface area contributed by atoms with Crippen molar-refractivity contribution in [2.45, 2.75) is 25.4 Å². The third-order valence-electron chi connectivity index (χ3n) is 4.33. The number of hydrogen-bond acceptors (Lipinski definition) is 5. The number of carbonyl (C=O) groups excluding carboxylic acids is 2. The molecule has 0 atom stereocenters. The summed E-state index contributed by atoms with van der Waals surface area (Å²) >= 11 is 0. The van der Waals surface area contributed by atoms with E-state index in [1.54, 1.807) is 6.08 Å². The third kappa shape index (κ3) is 6.26. The average Bonchev–Trinajstić information content (AvgIpc) is 2.67. The van der Waals surface area contributed by atoms with E-state index >= 15 is 0 Å². The normalized spacial score (nSPS) is 15.8. The van der Waals surface area contributed by atoms with Crippen molar-refractivity contribution in [3.05, 3.63) is 36.0 Å². The summed E-state index contributed by atoms with van der Waals surface area (Å²) in [5, 5.41) is 2.82. The van der Waals surface area contributed by atoms with Gasteiger partial charge in [0.05, 0.1) is 12.7 Å². The molecule has 0 aromatic carbocycles. The number of aromatic nitrogens is 1. The van der Waals surface area contributed by atoms with E-state index in [4.69, 9.17) is 0 Å². The van der Waals surface area contributed by atoms with Crippen LogP contribution in [0.15, 0.2) is 30.5 Å². The first-order valence-electron chi connectivity index (χ1n) is 8.61. The molecule has 0 saturated carbocycles. The summed E-state index contributed by atoms with van der Waals surface area (Å²) in [5.74, 6) is -0.151. The summed E-state index contributed by atoms with van der Waals surface area (Å²) in [5.41, 5.74) is -0.776. The number of ether oxygens (including phenoxy) is 1. The number of amides is 1. The van der Waals surface area contributed by atoms with Crippen molar-refractivity contribution in [3.63, 3.8) is 0 Å². The zero-order chi connectivity index (χ0) is 19.9. The average molecular weight is 385 g/mol. The van der Waals surface area contributed by atoms with Gasteiger partial charge in [-0.2, -0.15) is 13.2 Å². The van der Waals surface area contributed by atoms with Gasteiger partial charge >= 0.3 is 12.1 Å². The zero-order valence-corrected chi connectivity index (χ0v) is 15.0. The molecule has 1 aromatic rings. The Kier molecular flexibility index (Phi) is 7.20. The number of anilines is 1. The number of carbonyl (C=O) groups is 2. The van der Waals surface area contributed by atoms with Crippen LogP contribution in [-0.2, 0) is 20.5 Å². The summed E-state index contributed by atoms with van der Waals surface area (Å²) in [6.45, 7) is 1.53. The van der Waals surface area contributed by atoms with Crippen LogP contribution in [0.25, 0.3) is 0 Å². The van der Waals surface area contributed by atoms with Crippen LogP contribution in [-0.4, -0.2) is 43.6 Å². The topological polar surface area (TPSA) is 71.5 Å². The smallest absolute Gasteiger partial charge is 0.417 e. The molecule has 2 heterocycles. The highest BCUT2D eigenvalue weighted by atomic mass is 19.4. The molecule has 1 aliphatic rings. The molecule has 0 unspecified atom stereocenters. The minimum absolute atomic E-state index is 0.0542. The van der Waals surface area contributed by atoms with Crippen molar-refractivity contribution < 1.29 is 27.5 Å². The maximum Gasteiger partial charge on any atom is 0.417 e. The maximum absolute atomic E-state index is 12.6. The van der Waals surface area contributed by atoms with E-state index in [1.807, 2.05) is 4.90 Å². The van der Waals surface area contributed by atoms with Crippen LogP contribution in [0.1, 0.15) is 24.8 Å². The first-order chi connectivity index (χ1) is 12.8. The van der Waals surface area contributed by atoms with Crippen LogP contribution < -0.4 is 10.2 Å². The summed E-state index contributed by atoms with van der Waals surface area (Å²) in [6, 6.07) is 2.37. The van der Waals surface area contributed by atoms with E-state index in [0.717, 1.165) is 12.3 Å². The maximum atomic E-state index is 12.6. The Morgan fingerprint density at radius 1 is 1.33 bits per heavy atom. The van der Waals surface area contributed by atoms with Crippen LogP contribution in [0.4, 0.5) is 19.0 Å². The first-order valence-corrected chi connectivity index (χ1v) is 8.61. The van der Waals surface area contributed by atoms with Crippen molar-refractivity contribution in [2.75, 3.05) is 31.6 Å². The van der Waals surface area contributed by atoms with Gasteiger partial charge in [0, 0.05) is 37.8 Å². The molecule has 6 nitrogen and oxygen atoms in total. The second kappa shape index (κ2) is 9.38. The van der Waals surface area contributed by atoms with Crippen molar-refractivity contribution in [1.82, 2.24) is 10.3 Å². The highest BCUT2D eigenvalue weighted by Gasteiger charge is 2.31. The molecule has 1 aliphatic heterocycles. The molecule has 0 spiro atoms. The van der Waals surface area contributed by atoms with Crippen molar-refractivity contribution >= 4 is 17.7 Å². The van der Waals surface area contributed by atoms with Gasteiger partial charge in [0.1, 0.15) is 5.82 Å². The van der Waals surface area contributed by atoms with Crippen LogP contribution in [0.5, 0.6) is 0 Å². The van der Waals surface area contributed by atoms with Gasteiger partial charge in [-0.1, -0.05) is 6.08 Å². The van der Waals surface area contributed by atoms with E-state index in [2.05, 4.69) is 15.0 Å². The second-order valence-electron chi connectivity index (χ2n) is 6.17. The Labute approximate surface area is 155 Å². The lowest BCUT2D eigenvalue weighted by Crippen LogP contribution is -2.41. The quantitative estimate of drug-likeness (QED) is 0.463. The fourth-order valence-electron chi connectivity index (χ4n) is 2.78. The molecule has 0 aliphatic carbocycles. The van der Waals surface area contributed by atoms with E-state index in [0.29, 0.717) is 44.7 Å². The molecule has 1 saturated heterocycles. The Morgan fingerprint density at radius 3 is 2.59 bits per heavy atom. The number of piperidine rings is 1. The van der Waals surface area contributed by atoms with Gasteiger partial charge < -0.3 is 15.0 Å². The lowest BCUT2D eigenvalue weighted by molar-refractivity contribution is -0.138. The summed E-state index contributed by atoms with van der Waals surface area (Å²) in [6.07, 6.45) is 1.10. The predicted octanol–water partition coefficient (Wildman–Crippen LogP) is 2.55. The number of nitrogens with one attached hydrogen (secondary N) is 1. The summed E-state index contributed by atoms with van der Waals surface area (Å²) in [4.78, 5) is 28.8. The Balaban J connectivity index is 1.75. The molecule has 2 rings (SSSR count). The second-order valence-corrected chi connectivity index (χ2v) is 6.17. The largest absolute Gasteiger partial charge is 0.466 e.